The molecule has 0 fully saturated rings. The molecule has 1 heterocycles. The van der Waals surface area contributed by atoms with Gasteiger partial charge in [0.25, 0.3) is 5.69 Å². The second-order valence-corrected chi connectivity index (χ2v) is 7.32. The monoisotopic (exact) mass is 497 g/mol. The Kier molecular flexibility index (Phi) is 15.9. The van der Waals surface area contributed by atoms with E-state index in [9.17, 15) is 10.1 Å². The van der Waals surface area contributed by atoms with Crippen molar-refractivity contribution in [2.24, 2.45) is 0 Å². The summed E-state index contributed by atoms with van der Waals surface area (Å²) in [6.45, 7) is 11.1. The van der Waals surface area contributed by atoms with Crippen LogP contribution in [-0.2, 0) is 4.74 Å². The molecule has 0 aromatic heterocycles. The molecular formula is C27H39N5O4. The Hall–Kier alpha value is -3.71. The lowest BCUT2D eigenvalue weighted by molar-refractivity contribution is -0.384. The van der Waals surface area contributed by atoms with Crippen LogP contribution >= 0.6 is 0 Å². The summed E-state index contributed by atoms with van der Waals surface area (Å²) >= 11 is 0. The minimum Gasteiger partial charge on any atom is -0.368 e. The average Bonchev–Trinajstić information content (AvgIpc) is 3.40. The summed E-state index contributed by atoms with van der Waals surface area (Å²) in [5.74, 6) is 0. The lowest BCUT2D eigenvalue weighted by atomic mass is 10.1. The zero-order valence-corrected chi connectivity index (χ0v) is 22.5. The molecule has 36 heavy (non-hydrogen) atoms. The van der Waals surface area contributed by atoms with E-state index in [-0.39, 0.29) is 16.7 Å². The van der Waals surface area contributed by atoms with Crippen molar-refractivity contribution in [3.8, 4) is 6.07 Å². The van der Waals surface area contributed by atoms with Crippen LogP contribution in [-0.4, -0.2) is 36.5 Å². The van der Waals surface area contributed by atoms with Crippen molar-refractivity contribution in [1.82, 2.24) is 5.43 Å². The lowest BCUT2D eigenvalue weighted by Gasteiger charge is -2.26. The van der Waals surface area contributed by atoms with Gasteiger partial charge in [-0.25, -0.2) is 5.43 Å². The largest absolute Gasteiger partial charge is 0.368 e. The summed E-state index contributed by atoms with van der Waals surface area (Å²) in [6, 6.07) is 18.6. The number of nitriles is 1. The molecule has 0 spiro atoms. The molecule has 0 saturated heterocycles. The van der Waals surface area contributed by atoms with E-state index in [4.69, 9.17) is 10.4 Å². The molecule has 2 N–H and O–H groups in total. The van der Waals surface area contributed by atoms with E-state index < -0.39 is 6.29 Å². The summed E-state index contributed by atoms with van der Waals surface area (Å²) in [7, 11) is 3.37. The highest BCUT2D eigenvalue weighted by Gasteiger charge is 2.20. The standard InChI is InChI=1S/C20H22N4O2.C3H8O2.C2H3N.C2H6/c1-15(20-12-13-23(21-20)17-8-5-4-6-9-17)16(2)22(3)18-10-7-11-19(14-18)24(25)26;1-3(4)5-2;1-2-3;1-2/h4-14,20-21H,1-3H3;3-4H,1-2H3;1H3;1-2H3/b16-15+;;;. The minimum absolute atomic E-state index is 0.0661. The summed E-state index contributed by atoms with van der Waals surface area (Å²) in [5, 5.41) is 28.5. The topological polar surface area (TPSA) is 115 Å². The maximum absolute atomic E-state index is 11.0. The fourth-order valence-electron chi connectivity index (χ4n) is 2.90. The van der Waals surface area contributed by atoms with E-state index in [0.717, 1.165) is 22.6 Å². The number of para-hydroxylation sites is 1. The smallest absolute Gasteiger partial charge is 0.271 e. The van der Waals surface area contributed by atoms with Crippen LogP contribution in [0.2, 0.25) is 0 Å². The number of anilines is 2. The van der Waals surface area contributed by atoms with Crippen molar-refractivity contribution in [2.45, 2.75) is 53.9 Å². The maximum atomic E-state index is 11.0. The molecule has 0 saturated carbocycles. The Labute approximate surface area is 215 Å². The van der Waals surface area contributed by atoms with Gasteiger partial charge < -0.3 is 14.7 Å². The number of nitro benzene ring substituents is 1. The van der Waals surface area contributed by atoms with Crippen molar-refractivity contribution >= 4 is 17.1 Å². The zero-order chi connectivity index (χ0) is 27.7. The predicted molar refractivity (Wildman–Crippen MR) is 146 cm³/mol. The van der Waals surface area contributed by atoms with Gasteiger partial charge in [-0.3, -0.25) is 15.1 Å². The molecule has 2 aromatic rings. The van der Waals surface area contributed by atoms with Crippen molar-refractivity contribution in [3.63, 3.8) is 0 Å². The first-order valence-electron chi connectivity index (χ1n) is 11.6. The molecule has 1 aliphatic heterocycles. The third-order valence-corrected chi connectivity index (χ3v) is 5.05. The van der Waals surface area contributed by atoms with Crippen LogP contribution < -0.4 is 15.3 Å². The van der Waals surface area contributed by atoms with Crippen molar-refractivity contribution in [1.29, 1.82) is 5.26 Å². The molecule has 2 unspecified atom stereocenters. The van der Waals surface area contributed by atoms with E-state index in [1.54, 1.807) is 25.1 Å². The van der Waals surface area contributed by atoms with Gasteiger partial charge in [0.15, 0.2) is 6.29 Å². The van der Waals surface area contributed by atoms with Crippen LogP contribution in [0.4, 0.5) is 17.1 Å². The fraction of sp³-hybridized carbons (Fsp3) is 0.370. The number of aliphatic hydroxyl groups is 1. The van der Waals surface area contributed by atoms with Crippen LogP contribution in [0.3, 0.4) is 0 Å². The number of methoxy groups -OCH3 is 1. The highest BCUT2D eigenvalue weighted by Crippen LogP contribution is 2.26. The van der Waals surface area contributed by atoms with E-state index in [2.05, 4.69) is 23.2 Å². The van der Waals surface area contributed by atoms with Crippen LogP contribution in [0.15, 0.2) is 78.1 Å². The first kappa shape index (κ1) is 32.3. The molecular weight excluding hydrogens is 458 g/mol. The molecule has 0 radical (unpaired) electrons. The molecule has 0 amide bonds. The first-order chi connectivity index (χ1) is 17.2. The Balaban J connectivity index is 0.00000106. The number of ether oxygens (including phenoxy) is 1. The summed E-state index contributed by atoms with van der Waals surface area (Å²) < 4.78 is 4.31. The van der Waals surface area contributed by atoms with Gasteiger partial charge in [-0.05, 0) is 50.6 Å². The quantitative estimate of drug-likeness (QED) is 0.294. The zero-order valence-electron chi connectivity index (χ0n) is 22.5. The molecule has 0 bridgehead atoms. The highest BCUT2D eigenvalue weighted by molar-refractivity contribution is 5.57. The van der Waals surface area contributed by atoms with Gasteiger partial charge in [0, 0.05) is 50.8 Å². The molecule has 1 aliphatic rings. The second-order valence-electron chi connectivity index (χ2n) is 7.32. The van der Waals surface area contributed by atoms with Crippen molar-refractivity contribution in [2.75, 3.05) is 24.1 Å². The maximum Gasteiger partial charge on any atom is 0.271 e. The summed E-state index contributed by atoms with van der Waals surface area (Å²) in [5.41, 5.74) is 7.60. The molecule has 196 valence electrons. The van der Waals surface area contributed by atoms with Crippen LogP contribution in [0.1, 0.15) is 41.5 Å². The van der Waals surface area contributed by atoms with Crippen LogP contribution in [0.25, 0.3) is 0 Å². The predicted octanol–water partition coefficient (Wildman–Crippen LogP) is 5.76. The molecule has 2 atom stereocenters. The number of hydrogen-bond acceptors (Lipinski definition) is 8. The number of nitrogens with one attached hydrogen (secondary N) is 1. The number of hydrazine groups is 1. The Morgan fingerprint density at radius 2 is 1.78 bits per heavy atom. The first-order valence-corrected chi connectivity index (χ1v) is 11.6. The number of benzene rings is 2. The number of aliphatic hydroxyl groups excluding tert-OH is 1. The lowest BCUT2D eigenvalue weighted by Crippen LogP contribution is -2.37. The van der Waals surface area contributed by atoms with E-state index in [1.165, 1.54) is 20.1 Å². The van der Waals surface area contributed by atoms with E-state index in [1.807, 2.05) is 80.3 Å². The fourth-order valence-corrected chi connectivity index (χ4v) is 2.90. The molecule has 9 heteroatoms. The summed E-state index contributed by atoms with van der Waals surface area (Å²) in [4.78, 5) is 12.6. The molecule has 2 aromatic carbocycles. The van der Waals surface area contributed by atoms with E-state index >= 15 is 0 Å². The minimum atomic E-state index is -0.616. The Morgan fingerprint density at radius 3 is 2.28 bits per heavy atom. The number of non-ortho nitro benzene ring substituents is 1. The van der Waals surface area contributed by atoms with Gasteiger partial charge in [0.1, 0.15) is 0 Å². The number of rotatable bonds is 6. The van der Waals surface area contributed by atoms with E-state index in [0.29, 0.717) is 0 Å². The van der Waals surface area contributed by atoms with Gasteiger partial charge >= 0.3 is 0 Å². The number of allylic oxidation sites excluding steroid dienone is 1. The van der Waals surface area contributed by atoms with Gasteiger partial charge in [-0.2, -0.15) is 5.26 Å². The SMILES string of the molecule is C/C(=C(/C)N(C)c1cccc([N+](=O)[O-])c1)C1C=CN(c2ccccc2)N1.CC.CC#N.COC(C)O. The van der Waals surface area contributed by atoms with Crippen LogP contribution in [0.5, 0.6) is 0 Å². The average molecular weight is 498 g/mol. The molecule has 9 nitrogen and oxygen atoms in total. The third kappa shape index (κ3) is 10.7. The molecule has 3 rings (SSSR count). The van der Waals surface area contributed by atoms with Crippen LogP contribution in [0, 0.1) is 21.4 Å². The Morgan fingerprint density at radius 1 is 1.22 bits per heavy atom. The van der Waals surface area contributed by atoms with Gasteiger partial charge in [-0.15, -0.1) is 0 Å². The Bertz CT molecular complexity index is 1020. The number of nitro groups is 1. The second kappa shape index (κ2) is 17.7. The number of nitrogens with zero attached hydrogens (tertiary/aromatic N) is 4. The van der Waals surface area contributed by atoms with Gasteiger partial charge in [0.2, 0.25) is 0 Å². The highest BCUT2D eigenvalue weighted by atomic mass is 16.6. The van der Waals surface area contributed by atoms with Gasteiger partial charge in [0.05, 0.1) is 22.7 Å². The summed E-state index contributed by atoms with van der Waals surface area (Å²) in [6.07, 6.45) is 3.51. The third-order valence-electron chi connectivity index (χ3n) is 5.05. The normalized spacial score (nSPS) is 14.9. The van der Waals surface area contributed by atoms with Gasteiger partial charge in [-0.1, -0.05) is 38.1 Å². The molecule has 0 aliphatic carbocycles. The number of hydrogen-bond donors (Lipinski definition) is 2. The van der Waals surface area contributed by atoms with Crippen molar-refractivity contribution < 1.29 is 14.8 Å². The van der Waals surface area contributed by atoms with Crippen molar-refractivity contribution in [3.05, 3.63) is 88.3 Å².